The van der Waals surface area contributed by atoms with Crippen molar-refractivity contribution in [3.63, 3.8) is 0 Å². The molecule has 2 N–H and O–H groups in total. The first kappa shape index (κ1) is 14.9. The zero-order valence-corrected chi connectivity index (χ0v) is 12.4. The highest BCUT2D eigenvalue weighted by Crippen LogP contribution is 2.34. The molecule has 110 valence electrons. The summed E-state index contributed by atoms with van der Waals surface area (Å²) in [6.45, 7) is 4.27. The maximum absolute atomic E-state index is 11.7. The average Bonchev–Trinajstić information content (AvgIpc) is 2.81. The Morgan fingerprint density at radius 2 is 2.10 bits per heavy atom. The Labute approximate surface area is 120 Å². The third-order valence-corrected chi connectivity index (χ3v) is 3.93. The van der Waals surface area contributed by atoms with E-state index in [2.05, 4.69) is 19.9 Å². The monoisotopic (exact) mass is 277 g/mol. The van der Waals surface area contributed by atoms with Crippen LogP contribution in [0.1, 0.15) is 44.6 Å². The summed E-state index contributed by atoms with van der Waals surface area (Å²) in [5, 5.41) is 0. The van der Waals surface area contributed by atoms with Crippen LogP contribution in [0.2, 0.25) is 0 Å². The maximum atomic E-state index is 11.7. The molecule has 0 saturated heterocycles. The number of benzene rings is 1. The first-order valence-electron chi connectivity index (χ1n) is 7.09. The molecule has 0 spiro atoms. The predicted molar refractivity (Wildman–Crippen MR) is 77.7 cm³/mol. The van der Waals surface area contributed by atoms with E-state index in [9.17, 15) is 4.79 Å². The second-order valence-corrected chi connectivity index (χ2v) is 5.82. The molecule has 0 aliphatic heterocycles. The molecule has 1 aromatic rings. The van der Waals surface area contributed by atoms with Gasteiger partial charge in [-0.25, -0.2) is 0 Å². The summed E-state index contributed by atoms with van der Waals surface area (Å²) < 4.78 is 10.8. The van der Waals surface area contributed by atoms with Gasteiger partial charge in [0.15, 0.2) is 0 Å². The van der Waals surface area contributed by atoms with Gasteiger partial charge in [-0.15, -0.1) is 0 Å². The maximum Gasteiger partial charge on any atom is 0.325 e. The Kier molecular flexibility index (Phi) is 4.33. The van der Waals surface area contributed by atoms with E-state index < -0.39 is 5.54 Å². The minimum Gasteiger partial charge on any atom is -0.490 e. The fourth-order valence-corrected chi connectivity index (χ4v) is 2.76. The van der Waals surface area contributed by atoms with Crippen LogP contribution in [0.5, 0.6) is 5.75 Å². The molecule has 1 saturated carbocycles. The summed E-state index contributed by atoms with van der Waals surface area (Å²) in [6, 6.07) is 8.03. The van der Waals surface area contributed by atoms with Crippen LogP contribution in [-0.4, -0.2) is 24.7 Å². The third-order valence-electron chi connectivity index (χ3n) is 3.93. The van der Waals surface area contributed by atoms with E-state index in [-0.39, 0.29) is 12.1 Å². The predicted octanol–water partition coefficient (Wildman–Crippen LogP) is 2.61. The van der Waals surface area contributed by atoms with Crippen LogP contribution in [0.4, 0.5) is 0 Å². The van der Waals surface area contributed by atoms with Crippen LogP contribution in [-0.2, 0) is 9.53 Å². The van der Waals surface area contributed by atoms with Gasteiger partial charge in [0.2, 0.25) is 0 Å². The average molecular weight is 277 g/mol. The molecule has 4 heteroatoms. The standard InChI is InChI=1S/C16H23NO3/c1-11(2)13-6-4-5-7-14(13)20-12-8-9-16(17,10-12)15(18)19-3/h4-7,11-12H,8-10,17H2,1-3H3. The first-order chi connectivity index (χ1) is 9.46. The van der Waals surface area contributed by atoms with E-state index in [0.29, 0.717) is 18.8 Å². The largest absolute Gasteiger partial charge is 0.490 e. The van der Waals surface area contributed by atoms with Gasteiger partial charge in [0.05, 0.1) is 7.11 Å². The molecule has 20 heavy (non-hydrogen) atoms. The second kappa shape index (κ2) is 5.83. The summed E-state index contributed by atoms with van der Waals surface area (Å²) in [4.78, 5) is 11.7. The van der Waals surface area contributed by atoms with Gasteiger partial charge in [-0.2, -0.15) is 0 Å². The zero-order chi connectivity index (χ0) is 14.8. The van der Waals surface area contributed by atoms with E-state index >= 15 is 0 Å². The summed E-state index contributed by atoms with van der Waals surface area (Å²) in [5.41, 5.74) is 6.38. The molecule has 0 heterocycles. The Balaban J connectivity index is 2.08. The molecule has 1 aromatic carbocycles. The highest BCUT2D eigenvalue weighted by atomic mass is 16.5. The lowest BCUT2D eigenvalue weighted by Gasteiger charge is -2.22. The minimum atomic E-state index is -0.897. The molecule has 1 aliphatic carbocycles. The first-order valence-corrected chi connectivity index (χ1v) is 7.09. The Hall–Kier alpha value is -1.55. The normalized spacial score (nSPS) is 25.8. The number of methoxy groups -OCH3 is 1. The van der Waals surface area contributed by atoms with Crippen LogP contribution < -0.4 is 10.5 Å². The van der Waals surface area contributed by atoms with Crippen molar-refractivity contribution in [3.05, 3.63) is 29.8 Å². The second-order valence-electron chi connectivity index (χ2n) is 5.82. The Morgan fingerprint density at radius 3 is 2.75 bits per heavy atom. The minimum absolute atomic E-state index is 0.0287. The summed E-state index contributed by atoms with van der Waals surface area (Å²) in [7, 11) is 1.37. The van der Waals surface area contributed by atoms with Crippen molar-refractivity contribution in [2.45, 2.75) is 50.7 Å². The number of rotatable bonds is 4. The highest BCUT2D eigenvalue weighted by Gasteiger charge is 2.44. The van der Waals surface area contributed by atoms with Crippen LogP contribution in [0.25, 0.3) is 0 Å². The van der Waals surface area contributed by atoms with E-state index in [1.807, 2.05) is 18.2 Å². The van der Waals surface area contributed by atoms with Gasteiger partial charge >= 0.3 is 5.97 Å². The fraction of sp³-hybridized carbons (Fsp3) is 0.562. The molecule has 2 atom stereocenters. The molecule has 0 bridgehead atoms. The SMILES string of the molecule is COC(=O)C1(N)CCC(Oc2ccccc2C(C)C)C1. The molecular weight excluding hydrogens is 254 g/mol. The van der Waals surface area contributed by atoms with Crippen LogP contribution in [0.15, 0.2) is 24.3 Å². The smallest absolute Gasteiger partial charge is 0.325 e. The number of hydrogen-bond acceptors (Lipinski definition) is 4. The highest BCUT2D eigenvalue weighted by molar-refractivity contribution is 5.80. The van der Waals surface area contributed by atoms with Gasteiger partial charge in [0.25, 0.3) is 0 Å². The van der Waals surface area contributed by atoms with E-state index in [1.165, 1.54) is 12.7 Å². The van der Waals surface area contributed by atoms with Crippen molar-refractivity contribution in [2.24, 2.45) is 5.73 Å². The molecule has 1 fully saturated rings. The lowest BCUT2D eigenvalue weighted by Crippen LogP contribution is -2.47. The molecular formula is C16H23NO3. The summed E-state index contributed by atoms with van der Waals surface area (Å²) >= 11 is 0. The quantitative estimate of drug-likeness (QED) is 0.859. The van der Waals surface area contributed by atoms with Gasteiger partial charge in [-0.3, -0.25) is 4.79 Å². The van der Waals surface area contributed by atoms with Crippen molar-refractivity contribution in [2.75, 3.05) is 7.11 Å². The lowest BCUT2D eigenvalue weighted by molar-refractivity contribution is -0.147. The van der Waals surface area contributed by atoms with Gasteiger partial charge in [-0.1, -0.05) is 32.0 Å². The molecule has 2 unspecified atom stereocenters. The van der Waals surface area contributed by atoms with Crippen LogP contribution >= 0.6 is 0 Å². The van der Waals surface area contributed by atoms with E-state index in [4.69, 9.17) is 15.2 Å². The Morgan fingerprint density at radius 1 is 1.40 bits per heavy atom. The molecule has 1 aliphatic rings. The zero-order valence-electron chi connectivity index (χ0n) is 12.4. The summed E-state index contributed by atoms with van der Waals surface area (Å²) in [5.74, 6) is 0.943. The number of carbonyl (C=O) groups excluding carboxylic acids is 1. The van der Waals surface area contributed by atoms with Crippen LogP contribution in [0, 0.1) is 0 Å². The lowest BCUT2D eigenvalue weighted by atomic mass is 9.99. The topological polar surface area (TPSA) is 61.5 Å². The summed E-state index contributed by atoms with van der Waals surface area (Å²) in [6.07, 6.45) is 1.86. The number of carbonyl (C=O) groups is 1. The van der Waals surface area contributed by atoms with E-state index in [0.717, 1.165) is 12.2 Å². The number of esters is 1. The van der Waals surface area contributed by atoms with Gasteiger partial charge in [0, 0.05) is 6.42 Å². The third kappa shape index (κ3) is 2.96. The van der Waals surface area contributed by atoms with Gasteiger partial charge in [0.1, 0.15) is 17.4 Å². The van der Waals surface area contributed by atoms with E-state index in [1.54, 1.807) is 0 Å². The molecule has 2 rings (SSSR count). The molecule has 0 amide bonds. The molecule has 0 aromatic heterocycles. The van der Waals surface area contributed by atoms with Crippen molar-refractivity contribution in [1.82, 2.24) is 0 Å². The van der Waals surface area contributed by atoms with Crippen molar-refractivity contribution < 1.29 is 14.3 Å². The van der Waals surface area contributed by atoms with Crippen molar-refractivity contribution in [3.8, 4) is 5.75 Å². The fourth-order valence-electron chi connectivity index (χ4n) is 2.76. The van der Waals surface area contributed by atoms with Crippen molar-refractivity contribution >= 4 is 5.97 Å². The van der Waals surface area contributed by atoms with Gasteiger partial charge in [-0.05, 0) is 30.4 Å². The number of hydrogen-bond donors (Lipinski definition) is 1. The molecule has 4 nitrogen and oxygen atoms in total. The van der Waals surface area contributed by atoms with Crippen molar-refractivity contribution in [1.29, 1.82) is 0 Å². The van der Waals surface area contributed by atoms with Crippen LogP contribution in [0.3, 0.4) is 0 Å². The number of nitrogens with two attached hydrogens (primary N) is 1. The number of ether oxygens (including phenoxy) is 2. The Bertz CT molecular complexity index is 486. The van der Waals surface area contributed by atoms with Gasteiger partial charge < -0.3 is 15.2 Å². The number of para-hydroxylation sites is 1. The molecule has 0 radical (unpaired) electrons.